The van der Waals surface area contributed by atoms with Crippen molar-refractivity contribution in [3.05, 3.63) is 23.8 Å². The van der Waals surface area contributed by atoms with Crippen molar-refractivity contribution >= 4 is 11.7 Å². The lowest BCUT2D eigenvalue weighted by Gasteiger charge is -2.25. The van der Waals surface area contributed by atoms with Gasteiger partial charge in [-0.15, -0.1) is 0 Å². The van der Waals surface area contributed by atoms with E-state index in [0.717, 1.165) is 19.5 Å². The molecule has 1 aromatic carbocycles. The predicted octanol–water partition coefficient (Wildman–Crippen LogP) is 2.94. The van der Waals surface area contributed by atoms with Crippen molar-refractivity contribution in [1.29, 1.82) is 0 Å². The molecule has 2 N–H and O–H groups in total. The van der Waals surface area contributed by atoms with Crippen LogP contribution < -0.4 is 10.5 Å². The molecule has 0 saturated carbocycles. The summed E-state index contributed by atoms with van der Waals surface area (Å²) >= 11 is 0. The molecular formula is C17H28N2O3. The van der Waals surface area contributed by atoms with Crippen molar-refractivity contribution in [2.24, 2.45) is 0 Å². The van der Waals surface area contributed by atoms with Crippen LogP contribution in [0.3, 0.4) is 0 Å². The molecule has 22 heavy (non-hydrogen) atoms. The van der Waals surface area contributed by atoms with Gasteiger partial charge in [0.1, 0.15) is 12.4 Å². The van der Waals surface area contributed by atoms with Crippen LogP contribution in [0.2, 0.25) is 0 Å². The Bertz CT molecular complexity index is 473. The second-order valence-electron chi connectivity index (χ2n) is 5.27. The zero-order valence-electron chi connectivity index (χ0n) is 14.1. The molecule has 0 heterocycles. The van der Waals surface area contributed by atoms with E-state index in [1.54, 1.807) is 18.2 Å². The number of carbonyl (C=O) groups is 1. The number of carbonyl (C=O) groups excluding carboxylic acids is 1. The summed E-state index contributed by atoms with van der Waals surface area (Å²) < 4.78 is 10.9. The molecule has 0 spiro atoms. The van der Waals surface area contributed by atoms with E-state index in [2.05, 4.69) is 25.7 Å². The number of hydrogen-bond acceptors (Lipinski definition) is 5. The van der Waals surface area contributed by atoms with Crippen LogP contribution in [0, 0.1) is 0 Å². The lowest BCUT2D eigenvalue weighted by molar-refractivity contribution is 0.0381. The normalized spacial score (nSPS) is 12.2. The molecule has 124 valence electrons. The standard InChI is InChI=1S/C17H28N2O3/c1-5-10-21-16-11-14(8-9-15(16)18)17(20)22-12-13(4)19(6-2)7-3/h8-9,11,13H,5-7,10,12,18H2,1-4H3/t13-/m0/s1. The lowest BCUT2D eigenvalue weighted by Crippen LogP contribution is -2.36. The van der Waals surface area contributed by atoms with Crippen molar-refractivity contribution < 1.29 is 14.3 Å². The van der Waals surface area contributed by atoms with Gasteiger partial charge in [0.25, 0.3) is 0 Å². The van der Waals surface area contributed by atoms with Crippen LogP contribution in [0.4, 0.5) is 5.69 Å². The third kappa shape index (κ3) is 5.22. The van der Waals surface area contributed by atoms with Gasteiger partial charge in [-0.1, -0.05) is 20.8 Å². The van der Waals surface area contributed by atoms with Gasteiger partial charge < -0.3 is 15.2 Å². The number of ether oxygens (including phenoxy) is 2. The van der Waals surface area contributed by atoms with Crippen LogP contribution in [0.15, 0.2) is 18.2 Å². The highest BCUT2D eigenvalue weighted by molar-refractivity contribution is 5.90. The second-order valence-corrected chi connectivity index (χ2v) is 5.27. The third-order valence-electron chi connectivity index (χ3n) is 3.60. The molecule has 0 fully saturated rings. The molecule has 1 rings (SSSR count). The number of benzene rings is 1. The number of likely N-dealkylation sites (N-methyl/N-ethyl adjacent to an activating group) is 1. The van der Waals surface area contributed by atoms with E-state index in [0.29, 0.717) is 30.2 Å². The Hall–Kier alpha value is -1.75. The summed E-state index contributed by atoms with van der Waals surface area (Å²) in [6.07, 6.45) is 0.884. The molecule has 0 saturated heterocycles. The lowest BCUT2D eigenvalue weighted by atomic mass is 10.2. The Kier molecular flexibility index (Phi) is 7.74. The van der Waals surface area contributed by atoms with Gasteiger partial charge >= 0.3 is 5.97 Å². The van der Waals surface area contributed by atoms with Crippen LogP contribution in [-0.2, 0) is 4.74 Å². The van der Waals surface area contributed by atoms with Crippen molar-refractivity contribution in [3.8, 4) is 5.75 Å². The minimum Gasteiger partial charge on any atom is -0.491 e. The first-order chi connectivity index (χ1) is 10.5. The number of nitrogen functional groups attached to an aromatic ring is 1. The van der Waals surface area contributed by atoms with E-state index in [4.69, 9.17) is 15.2 Å². The summed E-state index contributed by atoms with van der Waals surface area (Å²) in [7, 11) is 0. The number of nitrogens with two attached hydrogens (primary N) is 1. The molecule has 5 nitrogen and oxygen atoms in total. The highest BCUT2D eigenvalue weighted by atomic mass is 16.5. The van der Waals surface area contributed by atoms with Crippen molar-refractivity contribution in [1.82, 2.24) is 4.90 Å². The van der Waals surface area contributed by atoms with Crippen LogP contribution in [0.5, 0.6) is 5.75 Å². The maximum atomic E-state index is 12.1. The molecule has 0 bridgehead atoms. The van der Waals surface area contributed by atoms with E-state index in [1.807, 2.05) is 6.92 Å². The zero-order valence-corrected chi connectivity index (χ0v) is 14.1. The molecule has 0 unspecified atom stereocenters. The average molecular weight is 308 g/mol. The number of esters is 1. The molecule has 0 radical (unpaired) electrons. The Morgan fingerprint density at radius 2 is 1.95 bits per heavy atom. The highest BCUT2D eigenvalue weighted by Gasteiger charge is 2.15. The first-order valence-electron chi connectivity index (χ1n) is 7.96. The van der Waals surface area contributed by atoms with Gasteiger partial charge in [-0.3, -0.25) is 4.90 Å². The summed E-state index contributed by atoms with van der Waals surface area (Å²) in [5, 5.41) is 0. The first kappa shape index (κ1) is 18.3. The van der Waals surface area contributed by atoms with Crippen LogP contribution in [0.1, 0.15) is 44.5 Å². The van der Waals surface area contributed by atoms with Crippen LogP contribution in [-0.4, -0.2) is 43.2 Å². The Morgan fingerprint density at radius 3 is 2.55 bits per heavy atom. The summed E-state index contributed by atoms with van der Waals surface area (Å²) in [6, 6.07) is 5.19. The maximum Gasteiger partial charge on any atom is 0.338 e. The predicted molar refractivity (Wildman–Crippen MR) is 89.3 cm³/mol. The summed E-state index contributed by atoms with van der Waals surface area (Å²) in [5.74, 6) is 0.188. The van der Waals surface area contributed by atoms with E-state index in [9.17, 15) is 4.79 Å². The molecular weight excluding hydrogens is 280 g/mol. The fourth-order valence-corrected chi connectivity index (χ4v) is 2.23. The Morgan fingerprint density at radius 1 is 1.27 bits per heavy atom. The smallest absolute Gasteiger partial charge is 0.338 e. The molecule has 0 aliphatic rings. The molecule has 1 aromatic rings. The van der Waals surface area contributed by atoms with Gasteiger partial charge in [0.05, 0.1) is 17.9 Å². The minimum absolute atomic E-state index is 0.198. The maximum absolute atomic E-state index is 12.1. The summed E-state index contributed by atoms with van der Waals surface area (Å²) in [6.45, 7) is 11.1. The summed E-state index contributed by atoms with van der Waals surface area (Å²) in [4.78, 5) is 14.4. The van der Waals surface area contributed by atoms with E-state index in [1.165, 1.54) is 0 Å². The minimum atomic E-state index is -0.347. The zero-order chi connectivity index (χ0) is 16.5. The number of anilines is 1. The molecule has 0 aliphatic heterocycles. The van der Waals surface area contributed by atoms with Gasteiger partial charge in [0, 0.05) is 6.04 Å². The number of nitrogens with zero attached hydrogens (tertiary/aromatic N) is 1. The van der Waals surface area contributed by atoms with Gasteiger partial charge in [-0.25, -0.2) is 4.79 Å². The van der Waals surface area contributed by atoms with Gasteiger partial charge in [-0.05, 0) is 44.6 Å². The van der Waals surface area contributed by atoms with Crippen molar-refractivity contribution in [2.75, 3.05) is 32.0 Å². The highest BCUT2D eigenvalue weighted by Crippen LogP contribution is 2.23. The van der Waals surface area contributed by atoms with E-state index < -0.39 is 0 Å². The van der Waals surface area contributed by atoms with Gasteiger partial charge in [-0.2, -0.15) is 0 Å². The molecule has 0 aromatic heterocycles. The van der Waals surface area contributed by atoms with Crippen molar-refractivity contribution in [3.63, 3.8) is 0 Å². The fraction of sp³-hybridized carbons (Fsp3) is 0.588. The Labute approximate surface area is 133 Å². The molecule has 0 aliphatic carbocycles. The van der Waals surface area contributed by atoms with E-state index in [-0.39, 0.29) is 12.0 Å². The van der Waals surface area contributed by atoms with Crippen LogP contribution >= 0.6 is 0 Å². The average Bonchev–Trinajstić information content (AvgIpc) is 2.53. The van der Waals surface area contributed by atoms with Gasteiger partial charge in [0.2, 0.25) is 0 Å². The third-order valence-corrected chi connectivity index (χ3v) is 3.60. The van der Waals surface area contributed by atoms with Gasteiger partial charge in [0.15, 0.2) is 0 Å². The molecule has 0 amide bonds. The van der Waals surface area contributed by atoms with E-state index >= 15 is 0 Å². The first-order valence-corrected chi connectivity index (χ1v) is 7.96. The number of rotatable bonds is 9. The molecule has 5 heteroatoms. The second kappa shape index (κ2) is 9.30. The number of hydrogen-bond donors (Lipinski definition) is 1. The monoisotopic (exact) mass is 308 g/mol. The topological polar surface area (TPSA) is 64.8 Å². The SMILES string of the molecule is CCCOc1cc(C(=O)OC[C@H](C)N(CC)CC)ccc1N. The fourth-order valence-electron chi connectivity index (χ4n) is 2.23. The largest absolute Gasteiger partial charge is 0.491 e. The van der Waals surface area contributed by atoms with Crippen molar-refractivity contribution in [2.45, 2.75) is 40.2 Å². The summed E-state index contributed by atoms with van der Waals surface area (Å²) in [5.41, 5.74) is 6.84. The molecule has 1 atom stereocenters. The van der Waals surface area contributed by atoms with Crippen LogP contribution in [0.25, 0.3) is 0 Å². The quantitative estimate of drug-likeness (QED) is 0.561. The Balaban J connectivity index is 2.65.